The molecule has 1 aromatic heterocycles. The normalized spacial score (nSPS) is 10.8. The Balaban J connectivity index is 2.04. The van der Waals surface area contributed by atoms with Crippen molar-refractivity contribution in [3.8, 4) is 0 Å². The van der Waals surface area contributed by atoms with Crippen LogP contribution in [0.1, 0.15) is 15.2 Å². The molecule has 0 aliphatic heterocycles. The van der Waals surface area contributed by atoms with Crippen LogP contribution in [-0.2, 0) is 0 Å². The summed E-state index contributed by atoms with van der Waals surface area (Å²) in [6, 6.07) is 15.7. The molecule has 1 amide bonds. The van der Waals surface area contributed by atoms with Gasteiger partial charge in [0, 0.05) is 22.8 Å². The quantitative estimate of drug-likeness (QED) is 0.775. The van der Waals surface area contributed by atoms with Gasteiger partial charge in [-0.25, -0.2) is 0 Å². The minimum atomic E-state index is -0.0717. The van der Waals surface area contributed by atoms with E-state index < -0.39 is 0 Å². The van der Waals surface area contributed by atoms with E-state index in [4.69, 9.17) is 5.73 Å². The Labute approximate surface area is 127 Å². The molecule has 1 heterocycles. The molecule has 0 unspecified atom stereocenters. The van der Waals surface area contributed by atoms with Crippen molar-refractivity contribution >= 4 is 38.7 Å². The molecule has 21 heavy (non-hydrogen) atoms. The largest absolute Gasteiger partial charge is 0.397 e. The van der Waals surface area contributed by atoms with E-state index in [1.54, 1.807) is 11.9 Å². The lowest BCUT2D eigenvalue weighted by molar-refractivity contribution is 0.0997. The first kappa shape index (κ1) is 13.6. The number of nitrogens with two attached hydrogens (primary N) is 1. The molecule has 2 N–H and O–H groups in total. The zero-order chi connectivity index (χ0) is 15.0. The number of thiophene rings is 1. The number of amides is 1. The minimum absolute atomic E-state index is 0.0717. The number of hydrogen-bond acceptors (Lipinski definition) is 3. The zero-order valence-electron chi connectivity index (χ0n) is 12.0. The van der Waals surface area contributed by atoms with Gasteiger partial charge < -0.3 is 10.6 Å². The Kier molecular flexibility index (Phi) is 3.39. The molecule has 106 valence electrons. The van der Waals surface area contributed by atoms with Crippen molar-refractivity contribution in [2.45, 2.75) is 6.92 Å². The second-order valence-electron chi connectivity index (χ2n) is 5.04. The van der Waals surface area contributed by atoms with Gasteiger partial charge in [0.1, 0.15) is 4.88 Å². The van der Waals surface area contributed by atoms with Gasteiger partial charge in [-0.3, -0.25) is 4.79 Å². The molecule has 0 aliphatic carbocycles. The molecule has 0 aliphatic rings. The maximum absolute atomic E-state index is 12.7. The van der Waals surface area contributed by atoms with E-state index in [1.165, 1.54) is 11.3 Å². The maximum atomic E-state index is 12.7. The van der Waals surface area contributed by atoms with Gasteiger partial charge in [-0.05, 0) is 31.2 Å². The van der Waals surface area contributed by atoms with Crippen LogP contribution in [0.3, 0.4) is 0 Å². The fourth-order valence-electron chi connectivity index (χ4n) is 2.31. The van der Waals surface area contributed by atoms with Crippen molar-refractivity contribution in [3.63, 3.8) is 0 Å². The highest BCUT2D eigenvalue weighted by atomic mass is 32.1. The van der Waals surface area contributed by atoms with Crippen LogP contribution in [0.5, 0.6) is 0 Å². The summed E-state index contributed by atoms with van der Waals surface area (Å²) in [4.78, 5) is 14.9. The highest BCUT2D eigenvalue weighted by Gasteiger charge is 2.20. The maximum Gasteiger partial charge on any atom is 0.270 e. The SMILES string of the molecule is Cc1ccc2sc(C(=O)N(C)c3ccccc3)c(N)c2c1. The summed E-state index contributed by atoms with van der Waals surface area (Å²) in [5.74, 6) is -0.0717. The van der Waals surface area contributed by atoms with Crippen LogP contribution in [0, 0.1) is 6.92 Å². The van der Waals surface area contributed by atoms with Gasteiger partial charge in [-0.1, -0.05) is 29.8 Å². The van der Waals surface area contributed by atoms with Crippen LogP contribution in [0.15, 0.2) is 48.5 Å². The number of benzene rings is 2. The lowest BCUT2D eigenvalue weighted by Gasteiger charge is -2.16. The van der Waals surface area contributed by atoms with Crippen molar-refractivity contribution < 1.29 is 4.79 Å². The number of aryl methyl sites for hydroxylation is 1. The summed E-state index contributed by atoms with van der Waals surface area (Å²) in [6.07, 6.45) is 0. The second kappa shape index (κ2) is 5.22. The number of para-hydroxylation sites is 1. The van der Waals surface area contributed by atoms with Crippen LogP contribution in [0.25, 0.3) is 10.1 Å². The second-order valence-corrected chi connectivity index (χ2v) is 6.10. The zero-order valence-corrected chi connectivity index (χ0v) is 12.8. The van der Waals surface area contributed by atoms with E-state index in [-0.39, 0.29) is 5.91 Å². The van der Waals surface area contributed by atoms with Crippen molar-refractivity contribution in [1.82, 2.24) is 0 Å². The number of nitrogen functional groups attached to an aromatic ring is 1. The monoisotopic (exact) mass is 296 g/mol. The predicted octanol–water partition coefficient (Wildman–Crippen LogP) is 4.07. The molecule has 0 saturated heterocycles. The topological polar surface area (TPSA) is 46.3 Å². The summed E-state index contributed by atoms with van der Waals surface area (Å²) < 4.78 is 1.04. The van der Waals surface area contributed by atoms with E-state index >= 15 is 0 Å². The molecule has 3 aromatic rings. The third-order valence-corrected chi connectivity index (χ3v) is 4.70. The fourth-order valence-corrected chi connectivity index (χ4v) is 3.39. The Bertz CT molecular complexity index is 808. The summed E-state index contributed by atoms with van der Waals surface area (Å²) in [5.41, 5.74) is 8.76. The number of nitrogens with zero attached hydrogens (tertiary/aromatic N) is 1. The van der Waals surface area contributed by atoms with Crippen molar-refractivity contribution in [2.75, 3.05) is 17.7 Å². The Morgan fingerprint density at radius 3 is 2.57 bits per heavy atom. The Hall–Kier alpha value is -2.33. The third-order valence-electron chi connectivity index (χ3n) is 3.52. The van der Waals surface area contributed by atoms with Crippen LogP contribution >= 0.6 is 11.3 Å². The number of rotatable bonds is 2. The van der Waals surface area contributed by atoms with Gasteiger partial charge in [0.05, 0.1) is 5.69 Å². The van der Waals surface area contributed by atoms with E-state index in [2.05, 4.69) is 0 Å². The first-order chi connectivity index (χ1) is 10.1. The van der Waals surface area contributed by atoms with Gasteiger partial charge in [0.25, 0.3) is 5.91 Å². The van der Waals surface area contributed by atoms with Crippen LogP contribution < -0.4 is 10.6 Å². The first-order valence-corrected chi connectivity index (χ1v) is 7.51. The molecule has 0 saturated carbocycles. The highest BCUT2D eigenvalue weighted by Crippen LogP contribution is 2.35. The summed E-state index contributed by atoms with van der Waals surface area (Å²) in [6.45, 7) is 2.02. The van der Waals surface area contributed by atoms with E-state index in [0.717, 1.165) is 21.3 Å². The highest BCUT2D eigenvalue weighted by molar-refractivity contribution is 7.21. The predicted molar refractivity (Wildman–Crippen MR) is 90.1 cm³/mol. The molecule has 2 aromatic carbocycles. The third kappa shape index (κ3) is 2.38. The molecule has 3 nitrogen and oxygen atoms in total. The molecule has 0 fully saturated rings. The van der Waals surface area contributed by atoms with E-state index in [0.29, 0.717) is 10.6 Å². The lowest BCUT2D eigenvalue weighted by atomic mass is 10.1. The van der Waals surface area contributed by atoms with Gasteiger partial charge in [0.2, 0.25) is 0 Å². The van der Waals surface area contributed by atoms with Crippen LogP contribution in [-0.4, -0.2) is 13.0 Å². The summed E-state index contributed by atoms with van der Waals surface area (Å²) in [5, 5.41) is 0.963. The van der Waals surface area contributed by atoms with Crippen LogP contribution in [0.4, 0.5) is 11.4 Å². The molecular weight excluding hydrogens is 280 g/mol. The number of fused-ring (bicyclic) bond motifs is 1. The standard InChI is InChI=1S/C17H16N2OS/c1-11-8-9-14-13(10-11)15(18)16(21-14)17(20)19(2)12-6-4-3-5-7-12/h3-10H,18H2,1-2H3. The van der Waals surface area contributed by atoms with Gasteiger partial charge in [-0.2, -0.15) is 0 Å². The van der Waals surface area contributed by atoms with Crippen LogP contribution in [0.2, 0.25) is 0 Å². The molecule has 4 heteroatoms. The molecule has 3 rings (SSSR count). The van der Waals surface area contributed by atoms with Crippen molar-refractivity contribution in [2.24, 2.45) is 0 Å². The molecule has 0 radical (unpaired) electrons. The number of anilines is 2. The summed E-state index contributed by atoms with van der Waals surface area (Å²) >= 11 is 1.45. The van der Waals surface area contributed by atoms with E-state index in [1.807, 2.05) is 55.5 Å². The number of carbonyl (C=O) groups excluding carboxylic acids is 1. The average molecular weight is 296 g/mol. The van der Waals surface area contributed by atoms with Gasteiger partial charge in [0.15, 0.2) is 0 Å². The Morgan fingerprint density at radius 2 is 1.86 bits per heavy atom. The molecule has 0 atom stereocenters. The van der Waals surface area contributed by atoms with Crippen molar-refractivity contribution in [3.05, 3.63) is 59.0 Å². The average Bonchev–Trinajstić information content (AvgIpc) is 2.83. The number of carbonyl (C=O) groups is 1. The fraction of sp³-hybridized carbons (Fsp3) is 0.118. The van der Waals surface area contributed by atoms with E-state index in [9.17, 15) is 4.79 Å². The summed E-state index contributed by atoms with van der Waals surface area (Å²) in [7, 11) is 1.77. The smallest absolute Gasteiger partial charge is 0.270 e. The van der Waals surface area contributed by atoms with Gasteiger partial charge >= 0.3 is 0 Å². The molecular formula is C17H16N2OS. The van der Waals surface area contributed by atoms with Gasteiger partial charge in [-0.15, -0.1) is 11.3 Å². The first-order valence-electron chi connectivity index (χ1n) is 6.69. The van der Waals surface area contributed by atoms with Crippen molar-refractivity contribution in [1.29, 1.82) is 0 Å². The minimum Gasteiger partial charge on any atom is -0.397 e. The lowest BCUT2D eigenvalue weighted by Crippen LogP contribution is -2.25. The molecule has 0 spiro atoms. The molecule has 0 bridgehead atoms. The Morgan fingerprint density at radius 1 is 1.14 bits per heavy atom. The number of hydrogen-bond donors (Lipinski definition) is 1.